The highest BCUT2D eigenvalue weighted by Crippen LogP contribution is 2.32. The Bertz CT molecular complexity index is 1500. The molecule has 0 aliphatic heterocycles. The zero-order chi connectivity index (χ0) is 30.0. The van der Waals surface area contributed by atoms with Crippen LogP contribution in [0.4, 0.5) is 0 Å². The average molecular weight is 621 g/mol. The van der Waals surface area contributed by atoms with Crippen molar-refractivity contribution in [3.63, 3.8) is 0 Å². The van der Waals surface area contributed by atoms with Crippen molar-refractivity contribution < 1.29 is 23.2 Å². The number of amides is 2. The maximum absolute atomic E-state index is 13.6. The molecule has 0 heterocycles. The number of rotatable bonds is 13. The molecule has 0 atom stereocenters. The van der Waals surface area contributed by atoms with Gasteiger partial charge in [-0.15, -0.1) is 0 Å². The van der Waals surface area contributed by atoms with Gasteiger partial charge in [-0.25, -0.2) is 8.42 Å². The fraction of sp³-hybridized carbons (Fsp3) is 0.250. The van der Waals surface area contributed by atoms with E-state index in [1.165, 1.54) is 12.1 Å². The van der Waals surface area contributed by atoms with Crippen LogP contribution in [0.2, 0.25) is 10.0 Å². The van der Waals surface area contributed by atoms with Crippen molar-refractivity contribution >= 4 is 50.9 Å². The van der Waals surface area contributed by atoms with Gasteiger partial charge in [0.05, 0.1) is 18.1 Å². The molecule has 0 aromatic heterocycles. The van der Waals surface area contributed by atoms with Crippen molar-refractivity contribution in [1.29, 1.82) is 0 Å². The van der Waals surface area contributed by atoms with Crippen LogP contribution in [0.3, 0.4) is 0 Å². The second-order valence-corrected chi connectivity index (χ2v) is 11.8. The molecule has 0 fully saturated rings. The summed E-state index contributed by atoms with van der Waals surface area (Å²) in [7, 11) is -4.18. The van der Waals surface area contributed by atoms with Crippen molar-refractivity contribution in [2.24, 2.45) is 10.9 Å². The first-order valence-electron chi connectivity index (χ1n) is 12.6. The number of nitrogens with two attached hydrogens (primary N) is 1. The summed E-state index contributed by atoms with van der Waals surface area (Å²) in [4.78, 5) is 24.9. The summed E-state index contributed by atoms with van der Waals surface area (Å²) in [5.41, 5.74) is 8.34. The maximum Gasteiger partial charge on any atom is 0.245 e. The molecule has 3 aromatic rings. The quantitative estimate of drug-likeness (QED) is 0.0997. The molecule has 3 aromatic carbocycles. The first-order valence-corrected chi connectivity index (χ1v) is 14.8. The molecular weight excluding hydrogens is 589 g/mol. The van der Waals surface area contributed by atoms with Crippen LogP contribution in [-0.2, 0) is 32.5 Å². The first-order chi connectivity index (χ1) is 19.5. The highest BCUT2D eigenvalue weighted by Gasteiger charge is 2.29. The highest BCUT2D eigenvalue weighted by atomic mass is 35.5. The van der Waals surface area contributed by atoms with E-state index < -0.39 is 28.4 Å². The number of nitrogens with zero attached hydrogens (tertiary/aromatic N) is 2. The van der Waals surface area contributed by atoms with Crippen molar-refractivity contribution in [3.8, 4) is 0 Å². The molecule has 10 nitrogen and oxygen atoms in total. The molecule has 218 valence electrons. The predicted molar refractivity (Wildman–Crippen MR) is 159 cm³/mol. The summed E-state index contributed by atoms with van der Waals surface area (Å²) in [5, 5.41) is 17.2. The molecule has 3 rings (SSSR count). The Morgan fingerprint density at radius 3 is 2.24 bits per heavy atom. The molecule has 13 heteroatoms. The lowest BCUT2D eigenvalue weighted by atomic mass is 10.1. The van der Waals surface area contributed by atoms with Crippen molar-refractivity contribution in [2.45, 2.75) is 24.7 Å². The van der Waals surface area contributed by atoms with E-state index in [2.05, 4.69) is 15.8 Å². The number of hydrogen-bond acceptors (Lipinski definition) is 6. The number of carbonyl (C=O) groups excluding carboxylic acids is 2. The van der Waals surface area contributed by atoms with Gasteiger partial charge in [0.15, 0.2) is 5.84 Å². The second-order valence-electron chi connectivity index (χ2n) is 9.12. The normalized spacial score (nSPS) is 11.9. The Kier molecular flexibility index (Phi) is 11.5. The van der Waals surface area contributed by atoms with Crippen LogP contribution < -0.4 is 16.4 Å². The van der Waals surface area contributed by atoms with Crippen LogP contribution in [0.1, 0.15) is 22.3 Å². The first kappa shape index (κ1) is 31.9. The van der Waals surface area contributed by atoms with E-state index in [1.807, 2.05) is 30.3 Å². The van der Waals surface area contributed by atoms with Gasteiger partial charge in [-0.1, -0.05) is 83.0 Å². The van der Waals surface area contributed by atoms with Gasteiger partial charge in [-0.05, 0) is 48.6 Å². The van der Waals surface area contributed by atoms with E-state index in [4.69, 9.17) is 34.1 Å². The minimum atomic E-state index is -4.18. The molecule has 0 saturated carbocycles. The second kappa shape index (κ2) is 14.8. The van der Waals surface area contributed by atoms with Crippen LogP contribution in [0.15, 0.2) is 76.8 Å². The molecule has 41 heavy (non-hydrogen) atoms. The third-order valence-corrected chi connectivity index (χ3v) is 9.15. The van der Waals surface area contributed by atoms with E-state index in [-0.39, 0.29) is 28.8 Å². The van der Waals surface area contributed by atoms with Crippen molar-refractivity contribution in [2.75, 3.05) is 26.2 Å². The number of oxime groups is 1. The lowest BCUT2D eigenvalue weighted by Gasteiger charge is -2.23. The minimum absolute atomic E-state index is 0.00148. The molecule has 0 radical (unpaired) electrons. The fourth-order valence-electron chi connectivity index (χ4n) is 3.86. The lowest BCUT2D eigenvalue weighted by molar-refractivity contribution is -0.126. The van der Waals surface area contributed by atoms with E-state index >= 15 is 0 Å². The SMILES string of the molecule is Cc1c(Cl)ccc(S(=O)(=O)N(CCc2ccccc2)CC(=O)NCC(=O)NCCc2ccc(C(N)=NO)cc2)c1Cl. The Morgan fingerprint density at radius 2 is 1.59 bits per heavy atom. The minimum Gasteiger partial charge on any atom is -0.409 e. The largest absolute Gasteiger partial charge is 0.409 e. The molecule has 5 N–H and O–H groups in total. The monoisotopic (exact) mass is 619 g/mol. The van der Waals surface area contributed by atoms with Gasteiger partial charge in [0.25, 0.3) is 0 Å². The molecule has 2 amide bonds. The Balaban J connectivity index is 1.60. The molecule has 0 bridgehead atoms. The third kappa shape index (κ3) is 8.92. The summed E-state index contributed by atoms with van der Waals surface area (Å²) >= 11 is 12.4. The van der Waals surface area contributed by atoms with Gasteiger partial charge in [0.1, 0.15) is 4.90 Å². The number of carbonyl (C=O) groups is 2. The number of sulfonamides is 1. The van der Waals surface area contributed by atoms with Crippen LogP contribution in [-0.4, -0.2) is 61.8 Å². The van der Waals surface area contributed by atoms with E-state index in [9.17, 15) is 18.0 Å². The van der Waals surface area contributed by atoms with Crippen molar-refractivity contribution in [1.82, 2.24) is 14.9 Å². The van der Waals surface area contributed by atoms with Gasteiger partial charge in [-0.2, -0.15) is 4.31 Å². The third-order valence-electron chi connectivity index (χ3n) is 6.25. The Labute approximate surface area is 249 Å². The topological polar surface area (TPSA) is 154 Å². The maximum atomic E-state index is 13.6. The summed E-state index contributed by atoms with van der Waals surface area (Å²) in [6.07, 6.45) is 0.876. The molecule has 0 aliphatic carbocycles. The van der Waals surface area contributed by atoms with E-state index in [1.54, 1.807) is 31.2 Å². The molecule has 0 spiro atoms. The van der Waals surface area contributed by atoms with Gasteiger partial charge in [0.2, 0.25) is 21.8 Å². The van der Waals surface area contributed by atoms with Crippen LogP contribution in [0.5, 0.6) is 0 Å². The van der Waals surface area contributed by atoms with Crippen LogP contribution in [0.25, 0.3) is 0 Å². The summed E-state index contributed by atoms with van der Waals surface area (Å²) < 4.78 is 28.2. The van der Waals surface area contributed by atoms with E-state index in [0.717, 1.165) is 15.4 Å². The summed E-state index contributed by atoms with van der Waals surface area (Å²) in [6, 6.07) is 19.0. The number of benzene rings is 3. The molecular formula is C28H31Cl2N5O5S. The average Bonchev–Trinajstić information content (AvgIpc) is 2.97. The molecule has 0 aliphatic rings. The summed E-state index contributed by atoms with van der Waals surface area (Å²) in [5.74, 6) is -1.07. The van der Waals surface area contributed by atoms with Crippen LogP contribution in [0, 0.1) is 6.92 Å². The number of nitrogens with one attached hydrogen (secondary N) is 2. The van der Waals surface area contributed by atoms with Gasteiger partial charge in [0, 0.05) is 23.7 Å². The van der Waals surface area contributed by atoms with Gasteiger partial charge >= 0.3 is 0 Å². The Morgan fingerprint density at radius 1 is 0.927 bits per heavy atom. The lowest BCUT2D eigenvalue weighted by Crippen LogP contribution is -2.44. The van der Waals surface area contributed by atoms with Crippen molar-refractivity contribution in [3.05, 3.63) is 99.0 Å². The van der Waals surface area contributed by atoms with E-state index in [0.29, 0.717) is 35.5 Å². The fourth-order valence-corrected chi connectivity index (χ4v) is 6.04. The number of halogens is 2. The van der Waals surface area contributed by atoms with Gasteiger partial charge < -0.3 is 21.6 Å². The highest BCUT2D eigenvalue weighted by molar-refractivity contribution is 7.89. The summed E-state index contributed by atoms with van der Waals surface area (Å²) in [6.45, 7) is 1.10. The predicted octanol–water partition coefficient (Wildman–Crippen LogP) is 3.10. The zero-order valence-corrected chi connectivity index (χ0v) is 24.6. The smallest absolute Gasteiger partial charge is 0.245 e. The number of hydrogen-bond donors (Lipinski definition) is 4. The number of amidine groups is 1. The Hall–Kier alpha value is -3.64. The molecule has 0 saturated heterocycles. The van der Waals surface area contributed by atoms with Crippen LogP contribution >= 0.6 is 23.2 Å². The standard InChI is InChI=1S/C28H31Cl2N5O5S/c1-19-23(29)11-12-24(27(19)30)41(39,40)35(16-14-20-5-3-2-4-6-20)18-26(37)33-17-25(36)32-15-13-21-7-9-22(10-8-21)28(31)34-38/h2-12,38H,13-18H2,1H3,(H2,31,34)(H,32,36)(H,33,37). The molecule has 0 unspecified atom stereocenters. The van der Waals surface area contributed by atoms with Gasteiger partial charge in [-0.3, -0.25) is 9.59 Å². The zero-order valence-electron chi connectivity index (χ0n) is 22.3.